The van der Waals surface area contributed by atoms with E-state index in [4.69, 9.17) is 0 Å². The average Bonchev–Trinajstić information content (AvgIpc) is 2.33. The van der Waals surface area contributed by atoms with Gasteiger partial charge in [-0.25, -0.2) is 0 Å². The zero-order valence-electron chi connectivity index (χ0n) is 9.39. The maximum atomic E-state index is 2.33. The third kappa shape index (κ3) is 3.08. The van der Waals surface area contributed by atoms with Crippen LogP contribution in [0, 0.1) is 0 Å². The summed E-state index contributed by atoms with van der Waals surface area (Å²) in [7, 11) is 0. The third-order valence-corrected chi connectivity index (χ3v) is 10.5. The number of rotatable bonds is 3. The molecular formula is C14H16FSn. The molecular weight excluding hydrogens is 306 g/mol. The molecule has 0 saturated heterocycles. The predicted molar refractivity (Wildman–Crippen MR) is 70.9 cm³/mol. The minimum absolute atomic E-state index is 0. The molecule has 0 heterocycles. The van der Waals surface area contributed by atoms with Gasteiger partial charge in [-0.2, -0.15) is 0 Å². The Kier molecular flexibility index (Phi) is 5.53. The maximum absolute atomic E-state index is 2.33. The van der Waals surface area contributed by atoms with Crippen molar-refractivity contribution in [1.82, 2.24) is 0 Å². The van der Waals surface area contributed by atoms with Crippen LogP contribution in [0.3, 0.4) is 0 Å². The van der Waals surface area contributed by atoms with Crippen LogP contribution in [0.4, 0.5) is 4.70 Å². The molecule has 1 radical (unpaired) electrons. The Morgan fingerprint density at radius 3 is 1.44 bits per heavy atom. The number of hydrogen-bond acceptors (Lipinski definition) is 0. The molecule has 0 fully saturated rings. The summed E-state index contributed by atoms with van der Waals surface area (Å²) in [6.07, 6.45) is 0. The molecule has 0 nitrogen and oxygen atoms in total. The van der Waals surface area contributed by atoms with Crippen molar-refractivity contribution < 1.29 is 4.70 Å². The summed E-state index contributed by atoms with van der Waals surface area (Å²) in [6.45, 7) is 2.33. The van der Waals surface area contributed by atoms with Gasteiger partial charge in [-0.1, -0.05) is 0 Å². The quantitative estimate of drug-likeness (QED) is 0.762. The largest absolute Gasteiger partial charge is 0.269 e. The first-order chi connectivity index (χ1) is 7.42. The molecule has 0 aliphatic heterocycles. The van der Waals surface area contributed by atoms with Crippen molar-refractivity contribution in [3.05, 3.63) is 60.7 Å². The van der Waals surface area contributed by atoms with Crippen LogP contribution in [-0.2, 0) is 0 Å². The standard InChI is InChI=1S/2C6H5.C2H5.FH.Sn/c2*1-2-4-6-5-3-1;1-2;;/h2*1-5H;1H2,2H3;1H;. The van der Waals surface area contributed by atoms with E-state index in [2.05, 4.69) is 67.6 Å². The Balaban J connectivity index is 0.00000128. The van der Waals surface area contributed by atoms with Crippen LogP contribution in [0.1, 0.15) is 6.92 Å². The van der Waals surface area contributed by atoms with E-state index in [9.17, 15) is 0 Å². The third-order valence-electron chi connectivity index (χ3n) is 2.60. The van der Waals surface area contributed by atoms with Crippen molar-refractivity contribution in [3.8, 4) is 0 Å². The van der Waals surface area contributed by atoms with Gasteiger partial charge in [-0.15, -0.1) is 0 Å². The molecule has 0 aliphatic carbocycles. The molecule has 0 aromatic heterocycles. The van der Waals surface area contributed by atoms with Gasteiger partial charge in [0, 0.05) is 0 Å². The van der Waals surface area contributed by atoms with Crippen LogP contribution >= 0.6 is 0 Å². The van der Waals surface area contributed by atoms with Crippen molar-refractivity contribution in [2.75, 3.05) is 0 Å². The minimum Gasteiger partial charge on any atom is -0.269 e. The molecule has 0 saturated carbocycles. The van der Waals surface area contributed by atoms with E-state index in [1.807, 2.05) is 0 Å². The first-order valence-electron chi connectivity index (χ1n) is 5.38. The van der Waals surface area contributed by atoms with Gasteiger partial charge in [-0.3, -0.25) is 4.70 Å². The second-order valence-corrected chi connectivity index (χ2v) is 11.6. The second-order valence-electron chi connectivity index (χ2n) is 3.56. The summed E-state index contributed by atoms with van der Waals surface area (Å²) >= 11 is -1.54. The van der Waals surface area contributed by atoms with E-state index in [-0.39, 0.29) is 4.70 Å². The second kappa shape index (κ2) is 6.69. The predicted octanol–water partition coefficient (Wildman–Crippen LogP) is 2.47. The maximum Gasteiger partial charge on any atom is -0.269 e. The van der Waals surface area contributed by atoms with E-state index in [1.54, 1.807) is 7.16 Å². The molecule has 0 bridgehead atoms. The fourth-order valence-corrected chi connectivity index (χ4v) is 8.53. The van der Waals surface area contributed by atoms with Gasteiger partial charge in [0.15, 0.2) is 0 Å². The molecule has 0 unspecified atom stereocenters. The van der Waals surface area contributed by atoms with E-state index in [0.717, 1.165) is 0 Å². The fourth-order valence-electron chi connectivity index (χ4n) is 1.85. The van der Waals surface area contributed by atoms with Gasteiger partial charge in [0.05, 0.1) is 0 Å². The summed E-state index contributed by atoms with van der Waals surface area (Å²) in [5, 5.41) is 0. The summed E-state index contributed by atoms with van der Waals surface area (Å²) in [4.78, 5) is 0. The fraction of sp³-hybridized carbons (Fsp3) is 0.143. The molecule has 2 rings (SSSR count). The summed E-state index contributed by atoms with van der Waals surface area (Å²) in [5.41, 5.74) is 0. The van der Waals surface area contributed by atoms with Gasteiger partial charge >= 0.3 is 98.9 Å². The van der Waals surface area contributed by atoms with Gasteiger partial charge in [-0.05, 0) is 0 Å². The molecule has 0 N–H and O–H groups in total. The Morgan fingerprint density at radius 2 is 1.12 bits per heavy atom. The molecule has 0 atom stereocenters. The monoisotopic (exact) mass is 323 g/mol. The van der Waals surface area contributed by atoms with Crippen LogP contribution in [0.15, 0.2) is 60.7 Å². The molecule has 83 valence electrons. The van der Waals surface area contributed by atoms with Gasteiger partial charge in [0.25, 0.3) is 0 Å². The first-order valence-corrected chi connectivity index (χ1v) is 10.3. The SMILES string of the molecule is C[CH2][Sn]([c]1ccccc1)[c]1ccccc1.F. The van der Waals surface area contributed by atoms with E-state index >= 15 is 0 Å². The van der Waals surface area contributed by atoms with Gasteiger partial charge < -0.3 is 0 Å². The topological polar surface area (TPSA) is 0 Å². The normalized spacial score (nSPS) is 9.88. The van der Waals surface area contributed by atoms with Crippen molar-refractivity contribution in [1.29, 1.82) is 0 Å². The van der Waals surface area contributed by atoms with Crippen molar-refractivity contribution >= 4 is 26.9 Å². The van der Waals surface area contributed by atoms with Crippen molar-refractivity contribution in [2.24, 2.45) is 0 Å². The molecule has 2 aromatic rings. The Labute approximate surface area is 103 Å². The zero-order valence-corrected chi connectivity index (χ0v) is 12.2. The number of hydrogen-bond donors (Lipinski definition) is 0. The minimum atomic E-state index is -1.54. The van der Waals surface area contributed by atoms with E-state index < -0.39 is 19.8 Å². The number of benzene rings is 2. The molecule has 0 aliphatic rings. The van der Waals surface area contributed by atoms with E-state index in [1.165, 1.54) is 4.44 Å². The molecule has 0 amide bonds. The van der Waals surface area contributed by atoms with Gasteiger partial charge in [0.1, 0.15) is 0 Å². The van der Waals surface area contributed by atoms with Gasteiger partial charge in [0.2, 0.25) is 0 Å². The molecule has 2 aromatic carbocycles. The summed E-state index contributed by atoms with van der Waals surface area (Å²) in [6, 6.07) is 22.0. The Morgan fingerprint density at radius 1 is 0.750 bits per heavy atom. The molecule has 16 heavy (non-hydrogen) atoms. The average molecular weight is 322 g/mol. The Hall–Kier alpha value is -0.831. The smallest absolute Gasteiger partial charge is 0.269 e. The van der Waals surface area contributed by atoms with Crippen LogP contribution in [0.25, 0.3) is 0 Å². The number of halogens is 1. The molecule has 2 heteroatoms. The van der Waals surface area contributed by atoms with Crippen LogP contribution in [-0.4, -0.2) is 19.8 Å². The van der Waals surface area contributed by atoms with Crippen LogP contribution in [0.2, 0.25) is 4.44 Å². The van der Waals surface area contributed by atoms with Crippen molar-refractivity contribution in [3.63, 3.8) is 0 Å². The Bertz CT molecular complexity index is 360. The summed E-state index contributed by atoms with van der Waals surface area (Å²) < 4.78 is 4.55. The van der Waals surface area contributed by atoms with Crippen LogP contribution < -0.4 is 7.16 Å². The van der Waals surface area contributed by atoms with E-state index in [0.29, 0.717) is 0 Å². The molecule has 0 spiro atoms. The van der Waals surface area contributed by atoms with Crippen LogP contribution in [0.5, 0.6) is 0 Å². The van der Waals surface area contributed by atoms with Crippen molar-refractivity contribution in [2.45, 2.75) is 11.4 Å². The first kappa shape index (κ1) is 13.2. The summed E-state index contributed by atoms with van der Waals surface area (Å²) in [5.74, 6) is 0. The zero-order chi connectivity index (χ0) is 10.5.